The monoisotopic (exact) mass is 382 g/mol. The van der Waals surface area contributed by atoms with E-state index in [2.05, 4.69) is 9.97 Å². The lowest BCUT2D eigenvalue weighted by atomic mass is 10.1. The molecule has 2 heterocycles. The Balaban J connectivity index is 1.83. The van der Waals surface area contributed by atoms with E-state index in [0.29, 0.717) is 22.2 Å². The lowest BCUT2D eigenvalue weighted by Crippen LogP contribution is -1.99. The van der Waals surface area contributed by atoms with Gasteiger partial charge in [0.05, 0.1) is 15.8 Å². The van der Waals surface area contributed by atoms with Crippen molar-refractivity contribution < 1.29 is 17.6 Å². The van der Waals surface area contributed by atoms with E-state index in [4.69, 9.17) is 9.15 Å². The Kier molecular flexibility index (Phi) is 3.92. The first-order valence-corrected chi connectivity index (χ1v) is 9.87. The highest BCUT2D eigenvalue weighted by molar-refractivity contribution is 7.90. The summed E-state index contributed by atoms with van der Waals surface area (Å²) >= 11 is 0. The van der Waals surface area contributed by atoms with Gasteiger partial charge in [-0.15, -0.1) is 0 Å². The Morgan fingerprint density at radius 1 is 1.00 bits per heavy atom. The third kappa shape index (κ3) is 3.26. The van der Waals surface area contributed by atoms with Gasteiger partial charge in [0.2, 0.25) is 5.88 Å². The standard InChI is InChI=1S/C19H14N2O5S/c1-11-7-18(22)26-17-8-12(3-5-14(11)17)25-19-15-9-13(27(2,23)24)4-6-16(15)20-10-21-19/h3-10H,1-2H3. The Bertz CT molecular complexity index is 1360. The molecule has 8 heteroatoms. The van der Waals surface area contributed by atoms with Crippen LogP contribution in [0.5, 0.6) is 11.6 Å². The molecule has 0 unspecified atom stereocenters. The topological polar surface area (TPSA) is 99.4 Å². The van der Waals surface area contributed by atoms with Gasteiger partial charge in [-0.1, -0.05) is 0 Å². The third-order valence-electron chi connectivity index (χ3n) is 4.14. The smallest absolute Gasteiger partial charge is 0.336 e. The molecule has 0 radical (unpaired) electrons. The van der Waals surface area contributed by atoms with Gasteiger partial charge in [-0.2, -0.15) is 0 Å². The van der Waals surface area contributed by atoms with Gasteiger partial charge < -0.3 is 9.15 Å². The van der Waals surface area contributed by atoms with Crippen molar-refractivity contribution in [2.75, 3.05) is 6.26 Å². The maximum atomic E-state index is 11.8. The number of benzene rings is 2. The van der Waals surface area contributed by atoms with Gasteiger partial charge in [-0.3, -0.25) is 0 Å². The van der Waals surface area contributed by atoms with Crippen molar-refractivity contribution in [3.63, 3.8) is 0 Å². The molecule has 0 saturated carbocycles. The fraction of sp³-hybridized carbons (Fsp3) is 0.105. The first-order chi connectivity index (χ1) is 12.8. The zero-order chi connectivity index (χ0) is 19.2. The van der Waals surface area contributed by atoms with Crippen molar-refractivity contribution >= 4 is 31.7 Å². The average Bonchev–Trinajstić information content (AvgIpc) is 2.60. The molecule has 0 aliphatic heterocycles. The molecule has 0 atom stereocenters. The van der Waals surface area contributed by atoms with Crippen molar-refractivity contribution in [3.8, 4) is 11.6 Å². The molecule has 7 nitrogen and oxygen atoms in total. The molecule has 27 heavy (non-hydrogen) atoms. The first-order valence-electron chi connectivity index (χ1n) is 7.98. The van der Waals surface area contributed by atoms with Crippen molar-refractivity contribution in [1.29, 1.82) is 0 Å². The first kappa shape index (κ1) is 17.2. The Hall–Kier alpha value is -3.26. The van der Waals surface area contributed by atoms with Gasteiger partial charge in [0.15, 0.2) is 9.84 Å². The molecule has 2 aromatic heterocycles. The molecule has 4 rings (SSSR count). The number of aryl methyl sites for hydroxylation is 1. The quantitative estimate of drug-likeness (QED) is 0.502. The van der Waals surface area contributed by atoms with Crippen LogP contribution in [-0.2, 0) is 9.84 Å². The van der Waals surface area contributed by atoms with Crippen molar-refractivity contribution in [1.82, 2.24) is 9.97 Å². The third-order valence-corrected chi connectivity index (χ3v) is 5.25. The molecule has 0 bridgehead atoms. The minimum Gasteiger partial charge on any atom is -0.438 e. The minimum atomic E-state index is -3.38. The summed E-state index contributed by atoms with van der Waals surface area (Å²) in [4.78, 5) is 20.0. The van der Waals surface area contributed by atoms with Gasteiger partial charge in [0, 0.05) is 23.8 Å². The van der Waals surface area contributed by atoms with Crippen LogP contribution in [-0.4, -0.2) is 24.6 Å². The Morgan fingerprint density at radius 2 is 1.81 bits per heavy atom. The van der Waals surface area contributed by atoms with Crippen LogP contribution in [0, 0.1) is 6.92 Å². The second-order valence-electron chi connectivity index (χ2n) is 6.14. The van der Waals surface area contributed by atoms with Crippen molar-refractivity contribution in [2.24, 2.45) is 0 Å². The van der Waals surface area contributed by atoms with E-state index in [-0.39, 0.29) is 10.8 Å². The summed E-state index contributed by atoms with van der Waals surface area (Å²) in [5.41, 5.74) is 1.31. The second kappa shape index (κ2) is 6.17. The highest BCUT2D eigenvalue weighted by Gasteiger charge is 2.13. The number of sulfone groups is 1. The highest BCUT2D eigenvalue weighted by Crippen LogP contribution is 2.30. The molecule has 0 fully saturated rings. The number of fused-ring (bicyclic) bond motifs is 2. The largest absolute Gasteiger partial charge is 0.438 e. The summed E-state index contributed by atoms with van der Waals surface area (Å²) in [5.74, 6) is 0.612. The number of rotatable bonds is 3. The van der Waals surface area contributed by atoms with Crippen LogP contribution in [0.1, 0.15) is 5.56 Å². The van der Waals surface area contributed by atoms with Crippen LogP contribution in [0.2, 0.25) is 0 Å². The van der Waals surface area contributed by atoms with E-state index < -0.39 is 15.5 Å². The predicted octanol–water partition coefficient (Wildman–Crippen LogP) is 3.24. The molecule has 0 aliphatic rings. The van der Waals surface area contributed by atoms with Crippen LogP contribution in [0.25, 0.3) is 21.9 Å². The van der Waals surface area contributed by atoms with Gasteiger partial charge >= 0.3 is 5.63 Å². The summed E-state index contributed by atoms with van der Waals surface area (Å²) in [6.45, 7) is 1.82. The van der Waals surface area contributed by atoms with E-state index >= 15 is 0 Å². The lowest BCUT2D eigenvalue weighted by molar-refractivity contribution is 0.466. The molecule has 136 valence electrons. The van der Waals surface area contributed by atoms with Crippen LogP contribution in [0.15, 0.2) is 62.9 Å². The summed E-state index contributed by atoms with van der Waals surface area (Å²) < 4.78 is 34.7. The molecule has 4 aromatic rings. The SMILES string of the molecule is Cc1cc(=O)oc2cc(Oc3ncnc4ccc(S(C)(=O)=O)cc34)ccc12. The molecule has 0 amide bonds. The van der Waals surface area contributed by atoms with Crippen LogP contribution in [0.3, 0.4) is 0 Å². The lowest BCUT2D eigenvalue weighted by Gasteiger charge is -2.09. The zero-order valence-electron chi connectivity index (χ0n) is 14.5. The molecule has 0 N–H and O–H groups in total. The van der Waals surface area contributed by atoms with Crippen molar-refractivity contribution in [3.05, 3.63) is 64.8 Å². The van der Waals surface area contributed by atoms with Crippen LogP contribution in [0.4, 0.5) is 0 Å². The predicted molar refractivity (Wildman–Crippen MR) is 99.9 cm³/mol. The van der Waals surface area contributed by atoms with E-state index in [1.165, 1.54) is 24.5 Å². The van der Waals surface area contributed by atoms with E-state index in [0.717, 1.165) is 17.2 Å². The van der Waals surface area contributed by atoms with Gasteiger partial charge in [0.1, 0.15) is 17.7 Å². The Morgan fingerprint density at radius 3 is 2.59 bits per heavy atom. The molecule has 0 saturated heterocycles. The van der Waals surface area contributed by atoms with Gasteiger partial charge in [-0.05, 0) is 42.8 Å². The molecular weight excluding hydrogens is 368 g/mol. The number of aromatic nitrogens is 2. The van der Waals surface area contributed by atoms with Crippen LogP contribution >= 0.6 is 0 Å². The molecule has 2 aromatic carbocycles. The summed E-state index contributed by atoms with van der Waals surface area (Å²) in [5, 5.41) is 1.26. The molecule has 0 aliphatic carbocycles. The number of ether oxygens (including phenoxy) is 1. The number of hydrogen-bond acceptors (Lipinski definition) is 7. The maximum absolute atomic E-state index is 11.8. The summed E-state index contributed by atoms with van der Waals surface area (Å²) in [6.07, 6.45) is 2.47. The fourth-order valence-electron chi connectivity index (χ4n) is 2.80. The minimum absolute atomic E-state index is 0.148. The Labute approximate surface area is 154 Å². The zero-order valence-corrected chi connectivity index (χ0v) is 15.3. The van der Waals surface area contributed by atoms with E-state index in [9.17, 15) is 13.2 Å². The van der Waals surface area contributed by atoms with E-state index in [1.807, 2.05) is 6.92 Å². The van der Waals surface area contributed by atoms with E-state index in [1.54, 1.807) is 24.3 Å². The van der Waals surface area contributed by atoms with Gasteiger partial charge in [-0.25, -0.2) is 23.2 Å². The maximum Gasteiger partial charge on any atom is 0.336 e. The summed E-state index contributed by atoms with van der Waals surface area (Å²) in [6, 6.07) is 11.1. The van der Waals surface area contributed by atoms with Crippen molar-refractivity contribution in [2.45, 2.75) is 11.8 Å². The second-order valence-corrected chi connectivity index (χ2v) is 8.15. The van der Waals surface area contributed by atoms with Gasteiger partial charge in [0.25, 0.3) is 0 Å². The number of hydrogen-bond donors (Lipinski definition) is 0. The summed E-state index contributed by atoms with van der Waals surface area (Å²) in [7, 11) is -3.38. The fourth-order valence-corrected chi connectivity index (χ4v) is 3.45. The molecular formula is C19H14N2O5S. The average molecular weight is 382 g/mol. The normalized spacial score (nSPS) is 11.8. The number of nitrogens with zero attached hydrogens (tertiary/aromatic N) is 2. The molecule has 0 spiro atoms. The van der Waals surface area contributed by atoms with Crippen LogP contribution < -0.4 is 10.4 Å². The highest BCUT2D eigenvalue weighted by atomic mass is 32.2.